The lowest BCUT2D eigenvalue weighted by Crippen LogP contribution is -2.45. The van der Waals surface area contributed by atoms with E-state index in [1.54, 1.807) is 0 Å². The van der Waals surface area contributed by atoms with Crippen molar-refractivity contribution in [2.45, 2.75) is 84.7 Å². The molecule has 1 N–H and O–H groups in total. The highest BCUT2D eigenvalue weighted by Crippen LogP contribution is 2.56. The van der Waals surface area contributed by atoms with E-state index in [4.69, 9.17) is 6.42 Å². The molecule has 0 saturated carbocycles. The second-order valence-electron chi connectivity index (χ2n) is 8.15. The van der Waals surface area contributed by atoms with Gasteiger partial charge in [-0.25, -0.2) is 0 Å². The summed E-state index contributed by atoms with van der Waals surface area (Å²) >= 11 is 0. The molecule has 1 aromatic rings. The van der Waals surface area contributed by atoms with E-state index in [-0.39, 0.29) is 11.3 Å². The Hall–Kier alpha value is -1.26. The lowest BCUT2D eigenvalue weighted by Gasteiger charge is -2.44. The van der Waals surface area contributed by atoms with Crippen molar-refractivity contribution in [3.8, 4) is 12.3 Å². The van der Waals surface area contributed by atoms with E-state index in [0.717, 1.165) is 36.8 Å². The topological polar surface area (TPSA) is 20.2 Å². The minimum absolute atomic E-state index is 0.174. The standard InChI is InChI=1S/C23H34O/c1-6-9-10-11-16-20(13-7-2)23(24)21-18(8-3)14-12-15-19(21)17-22(23,4)5/h3,12,14-15,20,24H,6-7,9-11,13,16-17H2,1-2,4-5H3. The summed E-state index contributed by atoms with van der Waals surface area (Å²) in [6.07, 6.45) is 14.9. The fraction of sp³-hybridized carbons (Fsp3) is 0.652. The van der Waals surface area contributed by atoms with Gasteiger partial charge in [0.05, 0.1) is 5.60 Å². The van der Waals surface area contributed by atoms with Gasteiger partial charge in [0.15, 0.2) is 0 Å². The van der Waals surface area contributed by atoms with Gasteiger partial charge in [0.1, 0.15) is 0 Å². The average molecular weight is 327 g/mol. The minimum Gasteiger partial charge on any atom is -0.384 e. The summed E-state index contributed by atoms with van der Waals surface area (Å²) in [6, 6.07) is 6.17. The molecule has 1 aliphatic rings. The van der Waals surface area contributed by atoms with Crippen LogP contribution in [-0.2, 0) is 12.0 Å². The van der Waals surface area contributed by atoms with Crippen molar-refractivity contribution in [1.82, 2.24) is 0 Å². The first-order valence-corrected chi connectivity index (χ1v) is 9.73. The van der Waals surface area contributed by atoms with Gasteiger partial charge in [0.25, 0.3) is 0 Å². The van der Waals surface area contributed by atoms with Gasteiger partial charge < -0.3 is 5.11 Å². The zero-order valence-corrected chi connectivity index (χ0v) is 16.0. The second-order valence-corrected chi connectivity index (χ2v) is 8.15. The number of benzene rings is 1. The van der Waals surface area contributed by atoms with E-state index in [9.17, 15) is 5.11 Å². The Bertz CT molecular complexity index is 593. The summed E-state index contributed by atoms with van der Waals surface area (Å²) in [5.74, 6) is 3.12. The number of rotatable bonds is 8. The monoisotopic (exact) mass is 326 g/mol. The van der Waals surface area contributed by atoms with Crippen LogP contribution in [0.4, 0.5) is 0 Å². The van der Waals surface area contributed by atoms with Gasteiger partial charge in [-0.05, 0) is 36.8 Å². The third-order valence-electron chi connectivity index (χ3n) is 5.99. The molecule has 2 unspecified atom stereocenters. The Morgan fingerprint density at radius 1 is 1.12 bits per heavy atom. The molecular weight excluding hydrogens is 292 g/mol. The molecule has 0 bridgehead atoms. The zero-order chi connectivity index (χ0) is 17.8. The third-order valence-corrected chi connectivity index (χ3v) is 5.99. The fourth-order valence-electron chi connectivity index (χ4n) is 4.75. The Morgan fingerprint density at radius 3 is 2.50 bits per heavy atom. The van der Waals surface area contributed by atoms with E-state index < -0.39 is 5.60 Å². The van der Waals surface area contributed by atoms with Crippen LogP contribution in [0.3, 0.4) is 0 Å². The summed E-state index contributed by atoms with van der Waals surface area (Å²) in [5.41, 5.74) is 2.19. The van der Waals surface area contributed by atoms with Crippen LogP contribution in [0.1, 0.15) is 89.3 Å². The number of hydrogen-bond donors (Lipinski definition) is 1. The first-order chi connectivity index (χ1) is 11.4. The van der Waals surface area contributed by atoms with Gasteiger partial charge >= 0.3 is 0 Å². The molecule has 1 aromatic carbocycles. The van der Waals surface area contributed by atoms with Gasteiger partial charge in [-0.1, -0.05) is 77.9 Å². The molecule has 0 spiro atoms. The third kappa shape index (κ3) is 3.27. The lowest BCUT2D eigenvalue weighted by atomic mass is 9.65. The molecule has 132 valence electrons. The maximum absolute atomic E-state index is 12.0. The smallest absolute Gasteiger partial charge is 0.0992 e. The molecular formula is C23H34O. The van der Waals surface area contributed by atoms with Crippen LogP contribution in [0.25, 0.3) is 0 Å². The van der Waals surface area contributed by atoms with Crippen molar-refractivity contribution in [2.24, 2.45) is 11.3 Å². The summed E-state index contributed by atoms with van der Waals surface area (Å²) in [6.45, 7) is 8.88. The van der Waals surface area contributed by atoms with Crippen molar-refractivity contribution in [1.29, 1.82) is 0 Å². The molecule has 0 fully saturated rings. The molecule has 0 aliphatic heterocycles. The zero-order valence-electron chi connectivity index (χ0n) is 16.0. The van der Waals surface area contributed by atoms with E-state index >= 15 is 0 Å². The first-order valence-electron chi connectivity index (χ1n) is 9.73. The Labute approximate surface area is 148 Å². The molecule has 2 atom stereocenters. The highest BCUT2D eigenvalue weighted by atomic mass is 16.3. The SMILES string of the molecule is C#Cc1cccc2c1C(O)(C(CCC)CCCCCC)C(C)(C)C2. The predicted molar refractivity (Wildman–Crippen MR) is 103 cm³/mol. The summed E-state index contributed by atoms with van der Waals surface area (Å²) in [4.78, 5) is 0. The van der Waals surface area contributed by atoms with Crippen LogP contribution in [0, 0.1) is 23.7 Å². The fourth-order valence-corrected chi connectivity index (χ4v) is 4.75. The van der Waals surface area contributed by atoms with Gasteiger partial charge in [-0.3, -0.25) is 0 Å². The van der Waals surface area contributed by atoms with Crippen molar-refractivity contribution in [3.63, 3.8) is 0 Å². The number of hydrogen-bond acceptors (Lipinski definition) is 1. The Balaban J connectivity index is 2.41. The quantitative estimate of drug-likeness (QED) is 0.471. The van der Waals surface area contributed by atoms with Crippen molar-refractivity contribution in [2.75, 3.05) is 0 Å². The molecule has 0 aromatic heterocycles. The first kappa shape index (κ1) is 19.1. The van der Waals surface area contributed by atoms with Gasteiger partial charge in [-0.15, -0.1) is 6.42 Å². The molecule has 0 saturated heterocycles. The molecule has 24 heavy (non-hydrogen) atoms. The largest absolute Gasteiger partial charge is 0.384 e. The van der Waals surface area contributed by atoms with Gasteiger partial charge in [0, 0.05) is 16.5 Å². The summed E-state index contributed by atoms with van der Waals surface area (Å²) in [5, 5.41) is 12.0. The molecule has 1 nitrogen and oxygen atoms in total. The van der Waals surface area contributed by atoms with Crippen molar-refractivity contribution < 1.29 is 5.11 Å². The normalized spacial score (nSPS) is 22.8. The number of unbranched alkanes of at least 4 members (excludes halogenated alkanes) is 3. The van der Waals surface area contributed by atoms with Crippen LogP contribution in [0.15, 0.2) is 18.2 Å². The molecule has 0 heterocycles. The van der Waals surface area contributed by atoms with Gasteiger partial charge in [0.2, 0.25) is 0 Å². The second kappa shape index (κ2) is 7.75. The van der Waals surface area contributed by atoms with Crippen LogP contribution < -0.4 is 0 Å². The van der Waals surface area contributed by atoms with Crippen LogP contribution in [0.2, 0.25) is 0 Å². The van der Waals surface area contributed by atoms with Gasteiger partial charge in [-0.2, -0.15) is 0 Å². The Kier molecular flexibility index (Phi) is 6.16. The maximum Gasteiger partial charge on any atom is 0.0992 e. The van der Waals surface area contributed by atoms with Crippen LogP contribution in [0.5, 0.6) is 0 Å². The maximum atomic E-state index is 12.0. The van der Waals surface area contributed by atoms with Crippen LogP contribution in [-0.4, -0.2) is 5.11 Å². The summed E-state index contributed by atoms with van der Waals surface area (Å²) in [7, 11) is 0. The molecule has 1 heteroatoms. The number of aliphatic hydroxyl groups is 1. The molecule has 0 radical (unpaired) electrons. The van der Waals surface area contributed by atoms with E-state index in [2.05, 4.69) is 39.7 Å². The van der Waals surface area contributed by atoms with Crippen molar-refractivity contribution >= 4 is 0 Å². The Morgan fingerprint density at radius 2 is 1.88 bits per heavy atom. The lowest BCUT2D eigenvalue weighted by molar-refractivity contribution is -0.113. The number of fused-ring (bicyclic) bond motifs is 1. The molecule has 0 amide bonds. The number of terminal acetylenes is 1. The highest BCUT2D eigenvalue weighted by molar-refractivity contribution is 5.52. The molecule has 2 rings (SSSR count). The van der Waals surface area contributed by atoms with E-state index in [1.165, 1.54) is 31.2 Å². The van der Waals surface area contributed by atoms with E-state index in [1.807, 2.05) is 12.1 Å². The van der Waals surface area contributed by atoms with E-state index in [0.29, 0.717) is 0 Å². The molecule has 1 aliphatic carbocycles. The minimum atomic E-state index is -0.812. The van der Waals surface area contributed by atoms with Crippen molar-refractivity contribution in [3.05, 3.63) is 34.9 Å². The van der Waals surface area contributed by atoms with Crippen LogP contribution >= 0.6 is 0 Å². The highest BCUT2D eigenvalue weighted by Gasteiger charge is 2.55. The predicted octanol–water partition coefficient (Wildman–Crippen LogP) is 5.82. The summed E-state index contributed by atoms with van der Waals surface area (Å²) < 4.78 is 0. The average Bonchev–Trinajstić information content (AvgIpc) is 2.77.